The van der Waals surface area contributed by atoms with Crippen LogP contribution in [0.2, 0.25) is 0 Å². The van der Waals surface area contributed by atoms with Gasteiger partial charge >= 0.3 is 0 Å². The first-order valence-corrected chi connectivity index (χ1v) is 8.11. The molecular formula is C20H17NO4. The molecule has 4 rings (SSSR count). The summed E-state index contributed by atoms with van der Waals surface area (Å²) in [5.74, 6) is 1.50. The van der Waals surface area contributed by atoms with Crippen molar-refractivity contribution in [2.24, 2.45) is 0 Å². The molecule has 3 aromatic rings. The first-order valence-electron chi connectivity index (χ1n) is 8.11. The largest absolute Gasteiger partial charge is 0.486 e. The van der Waals surface area contributed by atoms with Crippen molar-refractivity contribution in [2.45, 2.75) is 6.54 Å². The first kappa shape index (κ1) is 15.3. The zero-order valence-corrected chi connectivity index (χ0v) is 13.5. The minimum absolute atomic E-state index is 0.251. The molecule has 126 valence electrons. The maximum Gasteiger partial charge on any atom is 0.287 e. The van der Waals surface area contributed by atoms with E-state index >= 15 is 0 Å². The van der Waals surface area contributed by atoms with Crippen LogP contribution in [0.4, 0.5) is 0 Å². The summed E-state index contributed by atoms with van der Waals surface area (Å²) in [7, 11) is 0. The molecule has 0 unspecified atom stereocenters. The number of fused-ring (bicyclic) bond motifs is 1. The van der Waals surface area contributed by atoms with Crippen LogP contribution in [-0.2, 0) is 6.54 Å². The van der Waals surface area contributed by atoms with E-state index in [0.29, 0.717) is 31.3 Å². The van der Waals surface area contributed by atoms with Crippen LogP contribution in [0.5, 0.6) is 11.5 Å². The fourth-order valence-corrected chi connectivity index (χ4v) is 2.79. The van der Waals surface area contributed by atoms with Gasteiger partial charge in [-0.05, 0) is 29.3 Å². The number of ether oxygens (including phenoxy) is 2. The number of furan rings is 1. The van der Waals surface area contributed by atoms with Gasteiger partial charge in [0.15, 0.2) is 17.3 Å². The van der Waals surface area contributed by atoms with Gasteiger partial charge in [0.1, 0.15) is 13.2 Å². The van der Waals surface area contributed by atoms with Crippen molar-refractivity contribution in [1.82, 2.24) is 5.32 Å². The van der Waals surface area contributed by atoms with E-state index < -0.39 is 0 Å². The number of hydrogen-bond acceptors (Lipinski definition) is 4. The fraction of sp³-hybridized carbons (Fsp3) is 0.150. The molecule has 1 amide bonds. The van der Waals surface area contributed by atoms with Crippen molar-refractivity contribution < 1.29 is 18.7 Å². The topological polar surface area (TPSA) is 60.7 Å². The van der Waals surface area contributed by atoms with Crippen LogP contribution in [0.3, 0.4) is 0 Å². The van der Waals surface area contributed by atoms with Gasteiger partial charge in [-0.1, -0.05) is 36.4 Å². The lowest BCUT2D eigenvalue weighted by molar-refractivity contribution is 0.0924. The molecule has 0 spiro atoms. The Kier molecular flexibility index (Phi) is 4.12. The second-order valence-electron chi connectivity index (χ2n) is 5.69. The Morgan fingerprint density at radius 1 is 0.960 bits per heavy atom. The van der Waals surface area contributed by atoms with E-state index in [4.69, 9.17) is 13.9 Å². The SMILES string of the molecule is O=C(NCc1ccc2c(c1)OCCO2)c1occc1-c1ccccc1. The molecule has 1 aromatic heterocycles. The van der Waals surface area contributed by atoms with E-state index in [1.54, 1.807) is 6.07 Å². The summed E-state index contributed by atoms with van der Waals surface area (Å²) in [6.07, 6.45) is 1.53. The number of nitrogens with one attached hydrogen (secondary N) is 1. The van der Waals surface area contributed by atoms with Crippen molar-refractivity contribution in [2.75, 3.05) is 13.2 Å². The third kappa shape index (κ3) is 3.21. The molecule has 0 atom stereocenters. The van der Waals surface area contributed by atoms with Gasteiger partial charge in [0.05, 0.1) is 6.26 Å². The predicted octanol–water partition coefficient (Wildman–Crippen LogP) is 3.65. The molecule has 0 saturated carbocycles. The van der Waals surface area contributed by atoms with E-state index in [2.05, 4.69) is 5.32 Å². The van der Waals surface area contributed by atoms with Gasteiger partial charge in [0.2, 0.25) is 0 Å². The molecule has 2 aromatic carbocycles. The highest BCUT2D eigenvalue weighted by Gasteiger charge is 2.17. The maximum atomic E-state index is 12.5. The number of carbonyl (C=O) groups is 1. The van der Waals surface area contributed by atoms with Gasteiger partial charge in [0, 0.05) is 12.1 Å². The Morgan fingerprint density at radius 3 is 2.60 bits per heavy atom. The summed E-state index contributed by atoms with van der Waals surface area (Å²) in [5, 5.41) is 2.89. The highest BCUT2D eigenvalue weighted by Crippen LogP contribution is 2.31. The molecule has 25 heavy (non-hydrogen) atoms. The third-order valence-corrected chi connectivity index (χ3v) is 4.02. The highest BCUT2D eigenvalue weighted by molar-refractivity contribution is 5.98. The number of carbonyl (C=O) groups excluding carboxylic acids is 1. The van der Waals surface area contributed by atoms with Crippen LogP contribution in [0.1, 0.15) is 16.1 Å². The number of rotatable bonds is 4. The zero-order valence-electron chi connectivity index (χ0n) is 13.5. The zero-order chi connectivity index (χ0) is 17.1. The van der Waals surface area contributed by atoms with Gasteiger partial charge in [0.25, 0.3) is 5.91 Å². The van der Waals surface area contributed by atoms with Crippen molar-refractivity contribution in [3.05, 3.63) is 72.2 Å². The summed E-state index contributed by atoms with van der Waals surface area (Å²) >= 11 is 0. The van der Waals surface area contributed by atoms with Crippen molar-refractivity contribution >= 4 is 5.91 Å². The summed E-state index contributed by atoms with van der Waals surface area (Å²) in [6, 6.07) is 17.1. The van der Waals surface area contributed by atoms with Crippen LogP contribution >= 0.6 is 0 Å². The van der Waals surface area contributed by atoms with Crippen molar-refractivity contribution in [3.63, 3.8) is 0 Å². The van der Waals surface area contributed by atoms with Crippen LogP contribution in [0.25, 0.3) is 11.1 Å². The van der Waals surface area contributed by atoms with Crippen LogP contribution in [0, 0.1) is 0 Å². The molecule has 0 fully saturated rings. The van der Waals surface area contributed by atoms with E-state index in [-0.39, 0.29) is 5.91 Å². The quantitative estimate of drug-likeness (QED) is 0.791. The second-order valence-corrected chi connectivity index (χ2v) is 5.69. The predicted molar refractivity (Wildman–Crippen MR) is 92.7 cm³/mol. The maximum absolute atomic E-state index is 12.5. The third-order valence-electron chi connectivity index (χ3n) is 4.02. The molecule has 0 bridgehead atoms. The Morgan fingerprint density at radius 2 is 1.76 bits per heavy atom. The van der Waals surface area contributed by atoms with Gasteiger partial charge < -0.3 is 19.2 Å². The Hall–Kier alpha value is -3.21. The van der Waals surface area contributed by atoms with Crippen molar-refractivity contribution in [3.8, 4) is 22.6 Å². The lowest BCUT2D eigenvalue weighted by Crippen LogP contribution is -2.23. The summed E-state index contributed by atoms with van der Waals surface area (Å²) in [4.78, 5) is 12.5. The average molecular weight is 335 g/mol. The summed E-state index contributed by atoms with van der Waals surface area (Å²) in [6.45, 7) is 1.48. The van der Waals surface area contributed by atoms with E-state index in [0.717, 1.165) is 22.4 Å². The van der Waals surface area contributed by atoms with E-state index in [1.165, 1.54) is 6.26 Å². The second kappa shape index (κ2) is 6.73. The molecule has 1 aliphatic rings. The monoisotopic (exact) mass is 335 g/mol. The van der Waals surface area contributed by atoms with E-state index in [1.807, 2.05) is 48.5 Å². The average Bonchev–Trinajstić information content (AvgIpc) is 3.16. The highest BCUT2D eigenvalue weighted by atomic mass is 16.6. The number of hydrogen-bond donors (Lipinski definition) is 1. The van der Waals surface area contributed by atoms with Gasteiger partial charge in [-0.25, -0.2) is 0 Å². The lowest BCUT2D eigenvalue weighted by atomic mass is 10.1. The molecule has 5 nitrogen and oxygen atoms in total. The van der Waals surface area contributed by atoms with Gasteiger partial charge in [-0.3, -0.25) is 4.79 Å². The fourth-order valence-electron chi connectivity index (χ4n) is 2.79. The number of amides is 1. The van der Waals surface area contributed by atoms with Crippen LogP contribution < -0.4 is 14.8 Å². The van der Waals surface area contributed by atoms with Gasteiger partial charge in [-0.2, -0.15) is 0 Å². The Bertz CT molecular complexity index is 886. The standard InChI is InChI=1S/C20H17NO4/c22-20(19-16(8-9-25-19)15-4-2-1-3-5-15)21-13-14-6-7-17-18(12-14)24-11-10-23-17/h1-9,12H,10-11,13H2,(H,21,22). The molecule has 0 aliphatic carbocycles. The molecule has 1 N–H and O–H groups in total. The Balaban J connectivity index is 1.48. The molecule has 2 heterocycles. The lowest BCUT2D eigenvalue weighted by Gasteiger charge is -2.18. The summed E-state index contributed by atoms with van der Waals surface area (Å²) < 4.78 is 16.5. The minimum Gasteiger partial charge on any atom is -0.486 e. The molecule has 5 heteroatoms. The molecule has 0 radical (unpaired) electrons. The number of benzene rings is 2. The van der Waals surface area contributed by atoms with Crippen LogP contribution in [-0.4, -0.2) is 19.1 Å². The Labute approximate surface area is 145 Å². The van der Waals surface area contributed by atoms with Gasteiger partial charge in [-0.15, -0.1) is 0 Å². The smallest absolute Gasteiger partial charge is 0.287 e. The first-order chi connectivity index (χ1) is 12.3. The summed E-state index contributed by atoms with van der Waals surface area (Å²) in [5.41, 5.74) is 2.66. The van der Waals surface area contributed by atoms with Crippen molar-refractivity contribution in [1.29, 1.82) is 0 Å². The molecule has 1 aliphatic heterocycles. The van der Waals surface area contributed by atoms with E-state index in [9.17, 15) is 4.79 Å². The normalized spacial score (nSPS) is 12.6. The molecular weight excluding hydrogens is 318 g/mol. The van der Waals surface area contributed by atoms with Crippen LogP contribution in [0.15, 0.2) is 65.3 Å². The molecule has 0 saturated heterocycles. The minimum atomic E-state index is -0.251.